The third-order valence-corrected chi connectivity index (χ3v) is 5.33. The Balaban J connectivity index is 1.78. The van der Waals surface area contributed by atoms with Crippen LogP contribution < -0.4 is 4.74 Å². The van der Waals surface area contributed by atoms with Crippen LogP contribution in [0.25, 0.3) is 22.5 Å². The lowest BCUT2D eigenvalue weighted by Crippen LogP contribution is -2.06. The molecule has 0 saturated heterocycles. The predicted octanol–water partition coefficient (Wildman–Crippen LogP) is 5.62. The van der Waals surface area contributed by atoms with Crippen molar-refractivity contribution < 1.29 is 19.0 Å². The van der Waals surface area contributed by atoms with Crippen molar-refractivity contribution in [2.24, 2.45) is 0 Å². The zero-order chi connectivity index (χ0) is 23.2. The number of hydrogen-bond donors (Lipinski definition) is 1. The Bertz CT molecular complexity index is 1250. The summed E-state index contributed by atoms with van der Waals surface area (Å²) in [6.45, 7) is 2.97. The molecule has 0 amide bonds. The molecule has 1 heterocycles. The Kier molecular flexibility index (Phi) is 6.83. The van der Waals surface area contributed by atoms with Gasteiger partial charge >= 0.3 is 5.97 Å². The van der Waals surface area contributed by atoms with Gasteiger partial charge in [0.25, 0.3) is 0 Å². The fraction of sp³-hybridized carbons (Fsp3) is 0.185. The van der Waals surface area contributed by atoms with Crippen molar-refractivity contribution >= 4 is 5.97 Å². The van der Waals surface area contributed by atoms with Gasteiger partial charge in [0, 0.05) is 17.7 Å². The Labute approximate surface area is 192 Å². The number of aromatic nitrogens is 2. The molecule has 0 fully saturated rings. The summed E-state index contributed by atoms with van der Waals surface area (Å²) >= 11 is 0. The second-order valence-corrected chi connectivity index (χ2v) is 7.72. The number of ether oxygens (including phenoxy) is 1. The highest BCUT2D eigenvalue weighted by Gasteiger charge is 2.17. The van der Waals surface area contributed by atoms with Crippen LogP contribution in [0.4, 0.5) is 4.39 Å². The maximum absolute atomic E-state index is 14.0. The van der Waals surface area contributed by atoms with E-state index in [0.29, 0.717) is 35.7 Å². The van der Waals surface area contributed by atoms with Gasteiger partial charge in [-0.3, -0.25) is 9.48 Å². The molecule has 1 aromatic heterocycles. The monoisotopic (exact) mass is 444 g/mol. The summed E-state index contributed by atoms with van der Waals surface area (Å²) in [6, 6.07) is 23.8. The lowest BCUT2D eigenvalue weighted by molar-refractivity contribution is -0.136. The van der Waals surface area contributed by atoms with Crippen molar-refractivity contribution in [3.05, 3.63) is 95.8 Å². The van der Waals surface area contributed by atoms with E-state index in [2.05, 4.69) is 12.1 Å². The molecular weight excluding hydrogens is 419 g/mol. The Hall–Kier alpha value is -3.93. The smallest absolute Gasteiger partial charge is 0.307 e. The summed E-state index contributed by atoms with van der Waals surface area (Å²) in [5.74, 6) is -0.590. The van der Waals surface area contributed by atoms with E-state index in [0.717, 1.165) is 17.7 Å². The molecule has 168 valence electrons. The molecule has 1 N–H and O–H groups in total. The summed E-state index contributed by atoms with van der Waals surface area (Å²) < 4.78 is 21.7. The fourth-order valence-electron chi connectivity index (χ4n) is 3.82. The molecule has 4 rings (SSSR count). The molecule has 0 aliphatic rings. The number of carboxylic acid groups (broad SMARTS) is 1. The van der Waals surface area contributed by atoms with Crippen molar-refractivity contribution in [2.75, 3.05) is 6.61 Å². The van der Waals surface area contributed by atoms with Gasteiger partial charge in [0.2, 0.25) is 0 Å². The minimum Gasteiger partial charge on any atom is -0.493 e. The highest BCUT2D eigenvalue weighted by Crippen LogP contribution is 2.34. The van der Waals surface area contributed by atoms with Crippen molar-refractivity contribution in [3.8, 4) is 28.3 Å². The first-order valence-corrected chi connectivity index (χ1v) is 10.9. The van der Waals surface area contributed by atoms with E-state index in [4.69, 9.17) is 9.84 Å². The van der Waals surface area contributed by atoms with Crippen LogP contribution in [0.1, 0.15) is 18.1 Å². The summed E-state index contributed by atoms with van der Waals surface area (Å²) in [4.78, 5) is 11.2. The number of aryl methyl sites for hydroxylation is 2. The Morgan fingerprint density at radius 2 is 1.82 bits per heavy atom. The average molecular weight is 445 g/mol. The maximum atomic E-state index is 14.0. The molecule has 33 heavy (non-hydrogen) atoms. The first-order chi connectivity index (χ1) is 16.0. The standard InChI is InChI=1S/C27H25FN2O3/c1-2-33-26-12-11-20(16-27(31)32)15-23(26)24-18-25(21-9-6-10-22(28)17-21)30(29-24)14-13-19-7-4-3-5-8-19/h3-12,15,17-18H,2,13-14,16H2,1H3,(H,31,32). The molecule has 0 spiro atoms. The molecule has 0 aliphatic heterocycles. The van der Waals surface area contributed by atoms with E-state index in [-0.39, 0.29) is 12.2 Å². The van der Waals surface area contributed by atoms with E-state index >= 15 is 0 Å². The molecular formula is C27H25FN2O3. The summed E-state index contributed by atoms with van der Waals surface area (Å²) in [6.07, 6.45) is 0.673. The third kappa shape index (κ3) is 5.47. The SMILES string of the molecule is CCOc1ccc(CC(=O)O)cc1-c1cc(-c2cccc(F)c2)n(CCc2ccccc2)n1. The zero-order valence-electron chi connectivity index (χ0n) is 18.4. The number of benzene rings is 3. The molecule has 5 nitrogen and oxygen atoms in total. The quantitative estimate of drug-likeness (QED) is 0.364. The van der Waals surface area contributed by atoms with Crippen LogP contribution in [0, 0.1) is 5.82 Å². The van der Waals surface area contributed by atoms with Crippen LogP contribution in [0.2, 0.25) is 0 Å². The lowest BCUT2D eigenvalue weighted by Gasteiger charge is -2.10. The van der Waals surface area contributed by atoms with Gasteiger partial charge in [-0.15, -0.1) is 0 Å². The van der Waals surface area contributed by atoms with Crippen molar-refractivity contribution in [2.45, 2.75) is 26.3 Å². The van der Waals surface area contributed by atoms with Crippen LogP contribution in [0.15, 0.2) is 78.9 Å². The van der Waals surface area contributed by atoms with Gasteiger partial charge in [0.05, 0.1) is 24.4 Å². The zero-order valence-corrected chi connectivity index (χ0v) is 18.4. The van der Waals surface area contributed by atoms with E-state index in [1.807, 2.05) is 41.9 Å². The molecule has 0 atom stereocenters. The molecule has 0 radical (unpaired) electrons. The molecule has 0 saturated carbocycles. The molecule has 0 unspecified atom stereocenters. The van der Waals surface area contributed by atoms with Crippen LogP contribution in [-0.4, -0.2) is 27.5 Å². The van der Waals surface area contributed by atoms with Gasteiger partial charge in [-0.05, 0) is 54.8 Å². The number of nitrogens with zero attached hydrogens (tertiary/aromatic N) is 2. The van der Waals surface area contributed by atoms with Crippen LogP contribution >= 0.6 is 0 Å². The number of halogens is 1. The predicted molar refractivity (Wildman–Crippen MR) is 126 cm³/mol. The van der Waals surface area contributed by atoms with E-state index in [1.54, 1.807) is 24.3 Å². The van der Waals surface area contributed by atoms with Gasteiger partial charge in [0.1, 0.15) is 11.6 Å². The summed E-state index contributed by atoms with van der Waals surface area (Å²) in [5.41, 5.74) is 4.71. The molecule has 0 aliphatic carbocycles. The van der Waals surface area contributed by atoms with Crippen LogP contribution in [0.5, 0.6) is 5.75 Å². The summed E-state index contributed by atoms with van der Waals surface area (Å²) in [5, 5.41) is 14.0. The number of aliphatic carboxylic acids is 1. The second-order valence-electron chi connectivity index (χ2n) is 7.72. The molecule has 3 aromatic carbocycles. The maximum Gasteiger partial charge on any atom is 0.307 e. The van der Waals surface area contributed by atoms with Crippen LogP contribution in [-0.2, 0) is 24.2 Å². The fourth-order valence-corrected chi connectivity index (χ4v) is 3.82. The first kappa shape index (κ1) is 22.3. The summed E-state index contributed by atoms with van der Waals surface area (Å²) in [7, 11) is 0. The largest absolute Gasteiger partial charge is 0.493 e. The first-order valence-electron chi connectivity index (χ1n) is 10.9. The van der Waals surface area contributed by atoms with Gasteiger partial charge in [-0.1, -0.05) is 48.5 Å². The molecule has 6 heteroatoms. The van der Waals surface area contributed by atoms with Gasteiger partial charge < -0.3 is 9.84 Å². The molecule has 0 bridgehead atoms. The molecule has 4 aromatic rings. The van der Waals surface area contributed by atoms with E-state index in [1.165, 1.54) is 17.7 Å². The Morgan fingerprint density at radius 1 is 1.00 bits per heavy atom. The van der Waals surface area contributed by atoms with E-state index < -0.39 is 5.97 Å². The van der Waals surface area contributed by atoms with Crippen molar-refractivity contribution in [3.63, 3.8) is 0 Å². The normalized spacial score (nSPS) is 10.8. The van der Waals surface area contributed by atoms with Crippen molar-refractivity contribution in [1.29, 1.82) is 0 Å². The second kappa shape index (κ2) is 10.1. The topological polar surface area (TPSA) is 64.3 Å². The average Bonchev–Trinajstić information content (AvgIpc) is 3.23. The lowest BCUT2D eigenvalue weighted by atomic mass is 10.0. The van der Waals surface area contributed by atoms with Gasteiger partial charge in [0.15, 0.2) is 0 Å². The van der Waals surface area contributed by atoms with Gasteiger partial charge in [-0.25, -0.2) is 4.39 Å². The Morgan fingerprint density at radius 3 is 2.55 bits per heavy atom. The third-order valence-electron chi connectivity index (χ3n) is 5.33. The number of hydrogen-bond acceptors (Lipinski definition) is 3. The number of carbonyl (C=O) groups is 1. The van der Waals surface area contributed by atoms with Crippen LogP contribution in [0.3, 0.4) is 0 Å². The number of carboxylic acids is 1. The minimum absolute atomic E-state index is 0.0924. The highest BCUT2D eigenvalue weighted by molar-refractivity contribution is 5.76. The number of rotatable bonds is 9. The highest BCUT2D eigenvalue weighted by atomic mass is 19.1. The van der Waals surface area contributed by atoms with Crippen molar-refractivity contribution in [1.82, 2.24) is 9.78 Å². The minimum atomic E-state index is -0.904. The van der Waals surface area contributed by atoms with E-state index in [9.17, 15) is 14.3 Å². The van der Waals surface area contributed by atoms with Gasteiger partial charge in [-0.2, -0.15) is 5.10 Å².